The summed E-state index contributed by atoms with van der Waals surface area (Å²) in [6.45, 7) is 4.64. The molecule has 4 nitrogen and oxygen atoms in total. The first kappa shape index (κ1) is 13.7. The molecule has 5 heteroatoms. The van der Waals surface area contributed by atoms with Crippen molar-refractivity contribution in [2.75, 3.05) is 20.3 Å². The second-order valence-electron chi connectivity index (χ2n) is 3.14. The van der Waals surface area contributed by atoms with Gasteiger partial charge in [-0.1, -0.05) is 12.1 Å². The smallest absolute Gasteiger partial charge is 0.420 e. The van der Waals surface area contributed by atoms with Crippen LogP contribution in [0.25, 0.3) is 0 Å². The van der Waals surface area contributed by atoms with E-state index in [0.717, 1.165) is 10.6 Å². The highest BCUT2D eigenvalue weighted by Gasteiger charge is 2.16. The summed E-state index contributed by atoms with van der Waals surface area (Å²) in [5, 5.41) is 0. The summed E-state index contributed by atoms with van der Waals surface area (Å²) in [5.74, 6) is 0.750. The number of ether oxygens (including phenoxy) is 2. The van der Waals surface area contributed by atoms with E-state index in [9.17, 15) is 4.79 Å². The highest BCUT2D eigenvalue weighted by atomic mass is 32.2. The number of hydrogen-bond donors (Lipinski definition) is 0. The minimum atomic E-state index is -0.328. The molecule has 1 amide bonds. The van der Waals surface area contributed by atoms with E-state index in [1.54, 1.807) is 18.3 Å². The zero-order valence-electron chi connectivity index (χ0n) is 10.3. The van der Waals surface area contributed by atoms with Crippen molar-refractivity contribution in [3.05, 3.63) is 24.3 Å². The number of benzene rings is 1. The van der Waals surface area contributed by atoms with Gasteiger partial charge >= 0.3 is 6.09 Å². The minimum absolute atomic E-state index is 0.328. The number of hydrogen-bond acceptors (Lipinski definition) is 4. The molecule has 0 N–H and O–H groups in total. The third kappa shape index (κ3) is 3.85. The molecule has 0 saturated heterocycles. The van der Waals surface area contributed by atoms with Crippen LogP contribution in [0.3, 0.4) is 0 Å². The van der Waals surface area contributed by atoms with Crippen molar-refractivity contribution >= 4 is 18.0 Å². The van der Waals surface area contributed by atoms with Crippen LogP contribution in [0.2, 0.25) is 0 Å². The number of nitrogens with zero attached hydrogens (tertiary/aromatic N) is 1. The molecule has 0 saturated carbocycles. The van der Waals surface area contributed by atoms with Gasteiger partial charge in [-0.05, 0) is 37.9 Å². The lowest BCUT2D eigenvalue weighted by Gasteiger charge is -2.19. The van der Waals surface area contributed by atoms with Crippen LogP contribution in [0, 0.1) is 0 Å². The lowest BCUT2D eigenvalue weighted by molar-refractivity contribution is 0.135. The number of methoxy groups -OCH3 is 1. The van der Waals surface area contributed by atoms with Crippen LogP contribution < -0.4 is 4.74 Å². The molecule has 0 bridgehead atoms. The molecule has 0 unspecified atom stereocenters. The van der Waals surface area contributed by atoms with Gasteiger partial charge < -0.3 is 9.47 Å². The lowest BCUT2D eigenvalue weighted by Crippen LogP contribution is -2.24. The van der Waals surface area contributed by atoms with Gasteiger partial charge in [0.2, 0.25) is 0 Å². The van der Waals surface area contributed by atoms with Crippen LogP contribution in [0.4, 0.5) is 4.79 Å². The number of para-hydroxylation sites is 1. The van der Waals surface area contributed by atoms with E-state index in [0.29, 0.717) is 13.2 Å². The molecule has 1 aromatic rings. The highest BCUT2D eigenvalue weighted by Crippen LogP contribution is 2.31. The molecule has 1 aromatic carbocycles. The summed E-state index contributed by atoms with van der Waals surface area (Å²) in [6.07, 6.45) is -0.328. The van der Waals surface area contributed by atoms with Crippen molar-refractivity contribution in [1.29, 1.82) is 0 Å². The van der Waals surface area contributed by atoms with E-state index in [1.165, 1.54) is 11.9 Å². The second kappa shape index (κ2) is 7.06. The summed E-state index contributed by atoms with van der Waals surface area (Å²) in [5.41, 5.74) is 0. The standard InChI is InChI=1S/C12H17NO3S/c1-4-13(12(14)16-5-2)17-11-9-7-6-8-10(11)15-3/h6-9H,4-5H2,1-3H3. The van der Waals surface area contributed by atoms with Crippen LogP contribution in [0.15, 0.2) is 29.2 Å². The third-order valence-corrected chi connectivity index (χ3v) is 3.20. The summed E-state index contributed by atoms with van der Waals surface area (Å²) in [6, 6.07) is 7.57. The molecular formula is C12H17NO3S. The van der Waals surface area contributed by atoms with E-state index in [2.05, 4.69) is 0 Å². The minimum Gasteiger partial charge on any atom is -0.496 e. The number of carbonyl (C=O) groups is 1. The topological polar surface area (TPSA) is 38.8 Å². The molecule has 17 heavy (non-hydrogen) atoms. The molecule has 0 fully saturated rings. The Labute approximate surface area is 106 Å². The molecule has 0 atom stereocenters. The second-order valence-corrected chi connectivity index (χ2v) is 4.20. The van der Waals surface area contributed by atoms with Gasteiger partial charge in [-0.25, -0.2) is 9.10 Å². The predicted molar refractivity (Wildman–Crippen MR) is 68.3 cm³/mol. The van der Waals surface area contributed by atoms with Crippen molar-refractivity contribution in [3.63, 3.8) is 0 Å². The molecule has 0 spiro atoms. The van der Waals surface area contributed by atoms with E-state index in [4.69, 9.17) is 9.47 Å². The van der Waals surface area contributed by atoms with Gasteiger partial charge in [-0.15, -0.1) is 0 Å². The highest BCUT2D eigenvalue weighted by molar-refractivity contribution is 7.97. The average molecular weight is 255 g/mol. The Morgan fingerprint density at radius 2 is 2.06 bits per heavy atom. The Balaban J connectivity index is 2.76. The lowest BCUT2D eigenvalue weighted by atomic mass is 10.3. The first-order chi connectivity index (χ1) is 8.22. The number of carbonyl (C=O) groups excluding carboxylic acids is 1. The number of amides is 1. The molecule has 0 aliphatic carbocycles. The molecule has 0 heterocycles. The van der Waals surface area contributed by atoms with Gasteiger partial charge in [0.1, 0.15) is 5.75 Å². The van der Waals surface area contributed by atoms with Crippen molar-refractivity contribution in [2.45, 2.75) is 18.7 Å². The molecular weight excluding hydrogens is 238 g/mol. The Kier molecular flexibility index (Phi) is 5.69. The quantitative estimate of drug-likeness (QED) is 0.757. The molecule has 0 aromatic heterocycles. The Morgan fingerprint density at radius 3 is 2.65 bits per heavy atom. The number of rotatable bonds is 5. The fourth-order valence-electron chi connectivity index (χ4n) is 1.24. The summed E-state index contributed by atoms with van der Waals surface area (Å²) in [4.78, 5) is 12.5. The molecule has 1 rings (SSSR count). The SMILES string of the molecule is CCOC(=O)N(CC)Sc1ccccc1OC. The summed E-state index contributed by atoms with van der Waals surface area (Å²) >= 11 is 1.32. The molecule has 0 aliphatic heterocycles. The fraction of sp³-hybridized carbons (Fsp3) is 0.417. The normalized spacial score (nSPS) is 9.82. The summed E-state index contributed by atoms with van der Waals surface area (Å²) in [7, 11) is 1.61. The first-order valence-electron chi connectivity index (χ1n) is 5.48. The largest absolute Gasteiger partial charge is 0.496 e. The maximum Gasteiger partial charge on any atom is 0.420 e. The monoisotopic (exact) mass is 255 g/mol. The van der Waals surface area contributed by atoms with Crippen LogP contribution in [-0.2, 0) is 4.74 Å². The van der Waals surface area contributed by atoms with E-state index in [-0.39, 0.29) is 6.09 Å². The van der Waals surface area contributed by atoms with E-state index >= 15 is 0 Å². The third-order valence-electron chi connectivity index (χ3n) is 2.04. The van der Waals surface area contributed by atoms with E-state index in [1.807, 2.05) is 31.2 Å². The first-order valence-corrected chi connectivity index (χ1v) is 6.25. The molecule has 0 aliphatic rings. The molecule has 0 radical (unpaired) electrons. The zero-order valence-corrected chi connectivity index (χ0v) is 11.1. The Hall–Kier alpha value is -1.36. The maximum atomic E-state index is 11.6. The maximum absolute atomic E-state index is 11.6. The average Bonchev–Trinajstić information content (AvgIpc) is 2.36. The van der Waals surface area contributed by atoms with Crippen LogP contribution in [0.5, 0.6) is 5.75 Å². The predicted octanol–water partition coefficient (Wildman–Crippen LogP) is 3.18. The van der Waals surface area contributed by atoms with Crippen molar-refractivity contribution in [3.8, 4) is 5.75 Å². The van der Waals surface area contributed by atoms with Crippen molar-refractivity contribution in [1.82, 2.24) is 4.31 Å². The van der Waals surface area contributed by atoms with Gasteiger partial charge in [-0.3, -0.25) is 0 Å². The van der Waals surface area contributed by atoms with Gasteiger partial charge in [-0.2, -0.15) is 0 Å². The van der Waals surface area contributed by atoms with Crippen molar-refractivity contribution < 1.29 is 14.3 Å². The van der Waals surface area contributed by atoms with Gasteiger partial charge in [0, 0.05) is 6.54 Å². The van der Waals surface area contributed by atoms with Crippen molar-refractivity contribution in [2.24, 2.45) is 0 Å². The van der Waals surface area contributed by atoms with Gasteiger partial charge in [0.05, 0.1) is 18.6 Å². The van der Waals surface area contributed by atoms with Gasteiger partial charge in [0.15, 0.2) is 0 Å². The Morgan fingerprint density at radius 1 is 1.35 bits per heavy atom. The Bertz CT molecular complexity index is 371. The zero-order chi connectivity index (χ0) is 12.7. The summed E-state index contributed by atoms with van der Waals surface area (Å²) < 4.78 is 11.8. The van der Waals surface area contributed by atoms with Crippen LogP contribution in [0.1, 0.15) is 13.8 Å². The van der Waals surface area contributed by atoms with Gasteiger partial charge in [0.25, 0.3) is 0 Å². The van der Waals surface area contributed by atoms with Crippen LogP contribution >= 0.6 is 11.9 Å². The fourth-order valence-corrected chi connectivity index (χ4v) is 2.11. The van der Waals surface area contributed by atoms with Crippen LogP contribution in [-0.4, -0.2) is 30.7 Å². The van der Waals surface area contributed by atoms with E-state index < -0.39 is 0 Å². The molecule has 94 valence electrons.